The quantitative estimate of drug-likeness (QED) is 0.832. The second kappa shape index (κ2) is 8.59. The smallest absolute Gasteiger partial charge is 0.171 e. The van der Waals surface area contributed by atoms with Crippen molar-refractivity contribution in [1.82, 2.24) is 15.3 Å². The molecular weight excluding hydrogens is 318 g/mol. The zero-order valence-corrected chi connectivity index (χ0v) is 14.6. The number of anilines is 2. The molecule has 2 aromatic rings. The molecule has 1 saturated heterocycles. The Hall–Kier alpha value is -2.21. The average Bonchev–Trinajstić information content (AvgIpc) is 2.91. The summed E-state index contributed by atoms with van der Waals surface area (Å²) in [7, 11) is 0. The third-order valence-electron chi connectivity index (χ3n) is 4.11. The molecule has 0 amide bonds. The van der Waals surface area contributed by atoms with Crippen LogP contribution in [0.2, 0.25) is 0 Å². The maximum Gasteiger partial charge on any atom is 0.171 e. The predicted molar refractivity (Wildman–Crippen MR) is 102 cm³/mol. The molecule has 6 heteroatoms. The highest BCUT2D eigenvalue weighted by atomic mass is 32.1. The number of hydrogen-bond donors (Lipinski definition) is 2. The van der Waals surface area contributed by atoms with Gasteiger partial charge in [-0.1, -0.05) is 18.9 Å². The van der Waals surface area contributed by atoms with Crippen LogP contribution in [0.4, 0.5) is 11.5 Å². The second-order valence-corrected chi connectivity index (χ2v) is 6.38. The molecule has 2 aromatic heterocycles. The molecule has 2 N–H and O–H groups in total. The van der Waals surface area contributed by atoms with Gasteiger partial charge in [-0.05, 0) is 48.8 Å². The van der Waals surface area contributed by atoms with Crippen LogP contribution >= 0.6 is 12.2 Å². The summed E-state index contributed by atoms with van der Waals surface area (Å²) in [5.41, 5.74) is 1.99. The van der Waals surface area contributed by atoms with Crippen LogP contribution in [0.25, 0.3) is 0 Å². The average molecular weight is 341 g/mol. The molecule has 0 aromatic carbocycles. The summed E-state index contributed by atoms with van der Waals surface area (Å²) in [6.07, 6.45) is 10.6. The van der Waals surface area contributed by atoms with Gasteiger partial charge < -0.3 is 15.5 Å². The van der Waals surface area contributed by atoms with Gasteiger partial charge in [0.05, 0.1) is 11.9 Å². The number of thiocarbonyl (C=S) groups is 1. The Morgan fingerprint density at radius 3 is 2.58 bits per heavy atom. The van der Waals surface area contributed by atoms with E-state index in [-0.39, 0.29) is 0 Å². The molecule has 0 saturated carbocycles. The zero-order valence-electron chi connectivity index (χ0n) is 13.7. The first kappa shape index (κ1) is 16.6. The van der Waals surface area contributed by atoms with Gasteiger partial charge in [0, 0.05) is 32.0 Å². The van der Waals surface area contributed by atoms with Crippen molar-refractivity contribution in [2.45, 2.75) is 32.2 Å². The highest BCUT2D eigenvalue weighted by Gasteiger charge is 2.10. The highest BCUT2D eigenvalue weighted by molar-refractivity contribution is 7.80. The van der Waals surface area contributed by atoms with Crippen molar-refractivity contribution in [3.8, 4) is 0 Å². The van der Waals surface area contributed by atoms with Gasteiger partial charge in [0.15, 0.2) is 5.11 Å². The van der Waals surface area contributed by atoms with Gasteiger partial charge in [0.25, 0.3) is 0 Å². The van der Waals surface area contributed by atoms with Gasteiger partial charge in [-0.25, -0.2) is 4.98 Å². The van der Waals surface area contributed by atoms with Crippen molar-refractivity contribution in [3.63, 3.8) is 0 Å². The Labute approximate surface area is 148 Å². The van der Waals surface area contributed by atoms with Crippen LogP contribution in [0.15, 0.2) is 42.9 Å². The van der Waals surface area contributed by atoms with Gasteiger partial charge in [-0.3, -0.25) is 4.98 Å². The van der Waals surface area contributed by atoms with E-state index in [4.69, 9.17) is 12.2 Å². The maximum atomic E-state index is 5.33. The Bertz CT molecular complexity index is 636. The highest BCUT2D eigenvalue weighted by Crippen LogP contribution is 2.18. The first-order chi connectivity index (χ1) is 11.8. The molecule has 3 heterocycles. The molecule has 1 fully saturated rings. The molecule has 0 unspecified atom stereocenters. The minimum Gasteiger partial charge on any atom is -0.358 e. The molecule has 1 aliphatic heterocycles. The van der Waals surface area contributed by atoms with Crippen molar-refractivity contribution in [3.05, 3.63) is 48.4 Å². The van der Waals surface area contributed by atoms with Crippen LogP contribution in [-0.4, -0.2) is 28.2 Å². The van der Waals surface area contributed by atoms with Crippen molar-refractivity contribution in [2.75, 3.05) is 23.3 Å². The van der Waals surface area contributed by atoms with Crippen LogP contribution in [0.5, 0.6) is 0 Å². The monoisotopic (exact) mass is 341 g/mol. The van der Waals surface area contributed by atoms with Crippen LogP contribution < -0.4 is 15.5 Å². The molecular formula is C18H23N5S. The number of rotatable bonds is 4. The normalized spacial score (nSPS) is 14.8. The third-order valence-corrected chi connectivity index (χ3v) is 4.36. The van der Waals surface area contributed by atoms with Gasteiger partial charge in [-0.15, -0.1) is 0 Å². The van der Waals surface area contributed by atoms with Crippen LogP contribution in [0.1, 0.15) is 31.2 Å². The van der Waals surface area contributed by atoms with E-state index in [9.17, 15) is 0 Å². The first-order valence-corrected chi connectivity index (χ1v) is 8.87. The summed E-state index contributed by atoms with van der Waals surface area (Å²) in [6.45, 7) is 2.86. The summed E-state index contributed by atoms with van der Waals surface area (Å²) in [5.74, 6) is 1.05. The van der Waals surface area contributed by atoms with E-state index in [1.54, 1.807) is 6.20 Å². The summed E-state index contributed by atoms with van der Waals surface area (Å²) in [6, 6.07) is 8.03. The van der Waals surface area contributed by atoms with E-state index in [1.165, 1.54) is 25.7 Å². The van der Waals surface area contributed by atoms with Crippen molar-refractivity contribution < 1.29 is 0 Å². The molecule has 5 nitrogen and oxygen atoms in total. The Morgan fingerprint density at radius 2 is 1.92 bits per heavy atom. The summed E-state index contributed by atoms with van der Waals surface area (Å²) >= 11 is 5.33. The molecule has 1 aliphatic rings. The minimum atomic E-state index is 0.586. The first-order valence-electron chi connectivity index (χ1n) is 8.46. The van der Waals surface area contributed by atoms with Gasteiger partial charge >= 0.3 is 0 Å². The van der Waals surface area contributed by atoms with Crippen molar-refractivity contribution in [2.24, 2.45) is 0 Å². The van der Waals surface area contributed by atoms with Crippen LogP contribution in [0, 0.1) is 0 Å². The Balaban J connectivity index is 1.51. The number of nitrogens with one attached hydrogen (secondary N) is 2. The SMILES string of the molecule is S=C(NCc1cccnc1)Nc1ccc(N2CCCCCC2)nc1. The number of nitrogens with zero attached hydrogens (tertiary/aromatic N) is 3. The van der Waals surface area contributed by atoms with E-state index < -0.39 is 0 Å². The lowest BCUT2D eigenvalue weighted by atomic mass is 10.2. The molecule has 24 heavy (non-hydrogen) atoms. The summed E-state index contributed by atoms with van der Waals surface area (Å²) in [4.78, 5) is 11.0. The number of aromatic nitrogens is 2. The summed E-state index contributed by atoms with van der Waals surface area (Å²) in [5, 5.41) is 6.94. The van der Waals surface area contributed by atoms with Gasteiger partial charge in [0.2, 0.25) is 0 Å². The topological polar surface area (TPSA) is 53.1 Å². The van der Waals surface area contributed by atoms with Crippen LogP contribution in [-0.2, 0) is 6.54 Å². The fourth-order valence-electron chi connectivity index (χ4n) is 2.81. The second-order valence-electron chi connectivity index (χ2n) is 5.98. The molecule has 0 atom stereocenters. The van der Waals surface area contributed by atoms with E-state index >= 15 is 0 Å². The van der Waals surface area contributed by atoms with E-state index in [1.807, 2.05) is 30.6 Å². The largest absolute Gasteiger partial charge is 0.358 e. The minimum absolute atomic E-state index is 0.586. The fraction of sp³-hybridized carbons (Fsp3) is 0.389. The lowest BCUT2D eigenvalue weighted by molar-refractivity contribution is 0.726. The standard InChI is InChI=1S/C18H23N5S/c24-18(21-13-15-6-5-9-19-12-15)22-16-7-8-17(20-14-16)23-10-3-1-2-4-11-23/h5-9,12,14H,1-4,10-11,13H2,(H2,21,22,24). The Kier molecular flexibility index (Phi) is 5.96. The summed E-state index contributed by atoms with van der Waals surface area (Å²) < 4.78 is 0. The van der Waals surface area contributed by atoms with E-state index in [2.05, 4.69) is 31.6 Å². The van der Waals surface area contributed by atoms with Crippen LogP contribution in [0.3, 0.4) is 0 Å². The molecule has 3 rings (SSSR count). The van der Waals surface area contributed by atoms with E-state index in [0.717, 1.165) is 30.2 Å². The third kappa shape index (κ3) is 4.89. The molecule has 0 radical (unpaired) electrons. The maximum absolute atomic E-state index is 5.33. The molecule has 0 bridgehead atoms. The van der Waals surface area contributed by atoms with E-state index in [0.29, 0.717) is 11.7 Å². The zero-order chi connectivity index (χ0) is 16.6. The number of hydrogen-bond acceptors (Lipinski definition) is 4. The number of pyridine rings is 2. The van der Waals surface area contributed by atoms with Gasteiger partial charge in [-0.2, -0.15) is 0 Å². The molecule has 0 spiro atoms. The fourth-order valence-corrected chi connectivity index (χ4v) is 3.00. The Morgan fingerprint density at radius 1 is 1.08 bits per heavy atom. The van der Waals surface area contributed by atoms with Gasteiger partial charge in [0.1, 0.15) is 5.82 Å². The predicted octanol–water partition coefficient (Wildman–Crippen LogP) is 3.34. The molecule has 126 valence electrons. The lowest BCUT2D eigenvalue weighted by Gasteiger charge is -2.21. The van der Waals surface area contributed by atoms with Crippen molar-refractivity contribution in [1.29, 1.82) is 0 Å². The molecule has 0 aliphatic carbocycles. The van der Waals surface area contributed by atoms with Crippen molar-refractivity contribution >= 4 is 28.8 Å². The lowest BCUT2D eigenvalue weighted by Crippen LogP contribution is -2.28.